The molecule has 2 N–H and O–H groups in total. The van der Waals surface area contributed by atoms with Gasteiger partial charge in [0.25, 0.3) is 0 Å². The zero-order valence-electron chi connectivity index (χ0n) is 13.3. The lowest BCUT2D eigenvalue weighted by molar-refractivity contribution is 0.00355. The quantitative estimate of drug-likeness (QED) is 0.892. The molecule has 2 atom stereocenters. The molecule has 124 valence electrons. The normalized spacial score (nSPS) is 24.0. The van der Waals surface area contributed by atoms with Crippen molar-refractivity contribution in [2.75, 3.05) is 25.0 Å². The molecule has 0 bridgehead atoms. The number of hydrogen-bond donors (Lipinski definition) is 2. The van der Waals surface area contributed by atoms with E-state index in [0.717, 1.165) is 53.6 Å². The Hall–Kier alpha value is -1.88. The predicted molar refractivity (Wildman–Crippen MR) is 98.3 cm³/mol. The summed E-state index contributed by atoms with van der Waals surface area (Å²) in [5.74, 6) is 1.28. The van der Waals surface area contributed by atoms with Gasteiger partial charge in [-0.3, -0.25) is 0 Å². The van der Waals surface area contributed by atoms with E-state index in [9.17, 15) is 0 Å². The summed E-state index contributed by atoms with van der Waals surface area (Å²) < 4.78 is 5.84. The molecule has 24 heavy (non-hydrogen) atoms. The third-order valence-electron chi connectivity index (χ3n) is 4.49. The molecule has 5 heteroatoms. The van der Waals surface area contributed by atoms with Crippen molar-refractivity contribution in [3.8, 4) is 0 Å². The van der Waals surface area contributed by atoms with Crippen molar-refractivity contribution in [3.05, 3.63) is 59.3 Å². The molecule has 2 aromatic rings. The van der Waals surface area contributed by atoms with Crippen molar-refractivity contribution < 1.29 is 4.74 Å². The molecule has 0 saturated carbocycles. The Bertz CT molecular complexity index is 796. The first-order valence-corrected chi connectivity index (χ1v) is 8.70. The van der Waals surface area contributed by atoms with Gasteiger partial charge in [-0.2, -0.15) is 0 Å². The van der Waals surface area contributed by atoms with E-state index in [1.807, 2.05) is 30.3 Å². The Morgan fingerprint density at radius 2 is 2.21 bits per heavy atom. The van der Waals surface area contributed by atoms with Crippen LogP contribution in [0.2, 0.25) is 5.02 Å². The fourth-order valence-electron chi connectivity index (χ4n) is 3.18. The van der Waals surface area contributed by atoms with Crippen molar-refractivity contribution in [3.63, 3.8) is 0 Å². The lowest BCUT2D eigenvalue weighted by atomic mass is 9.93. The third-order valence-corrected chi connectivity index (χ3v) is 4.73. The van der Waals surface area contributed by atoms with E-state index in [4.69, 9.17) is 16.3 Å². The Morgan fingerprint density at radius 3 is 3.00 bits per heavy atom. The van der Waals surface area contributed by atoms with Crippen LogP contribution in [0.1, 0.15) is 6.42 Å². The number of halogens is 1. The first-order valence-electron chi connectivity index (χ1n) is 8.32. The Balaban J connectivity index is 1.43. The fraction of sp³-hybridized carbons (Fsp3) is 0.316. The van der Waals surface area contributed by atoms with Crippen LogP contribution >= 0.6 is 11.6 Å². The summed E-state index contributed by atoms with van der Waals surface area (Å²) in [6, 6.07) is 9.75. The molecule has 4 nitrogen and oxygen atoms in total. The predicted octanol–water partition coefficient (Wildman–Crippen LogP) is 3.75. The van der Waals surface area contributed by atoms with Crippen molar-refractivity contribution >= 4 is 28.3 Å². The zero-order chi connectivity index (χ0) is 16.4. The van der Waals surface area contributed by atoms with E-state index >= 15 is 0 Å². The summed E-state index contributed by atoms with van der Waals surface area (Å²) in [7, 11) is 0. The number of pyridine rings is 1. The molecule has 1 unspecified atom stereocenters. The minimum atomic E-state index is 0.274. The maximum Gasteiger partial charge on any atom is 0.131 e. The molecule has 2 heterocycles. The molecule has 1 fully saturated rings. The van der Waals surface area contributed by atoms with Gasteiger partial charge in [0.05, 0.1) is 18.2 Å². The summed E-state index contributed by atoms with van der Waals surface area (Å²) in [6.45, 7) is 2.68. The zero-order valence-corrected chi connectivity index (χ0v) is 14.1. The standard InChI is InChI=1S/C19H20ClN3O/c20-15-4-7-17-14(11-15)3-8-19(23-17)22-16-5-1-13(2-6-16)18-12-21-9-10-24-18/h1,3-8,11,13,18,21H,2,9-10,12H2,(H,22,23)/t13?,18-/m1/s1. The van der Waals surface area contributed by atoms with Gasteiger partial charge in [0.1, 0.15) is 5.82 Å². The van der Waals surface area contributed by atoms with E-state index in [-0.39, 0.29) is 6.10 Å². The third kappa shape index (κ3) is 3.46. The number of rotatable bonds is 3. The summed E-state index contributed by atoms with van der Waals surface area (Å²) in [6.07, 6.45) is 7.84. The number of nitrogens with zero attached hydrogens (tertiary/aromatic N) is 1. The van der Waals surface area contributed by atoms with Crippen LogP contribution < -0.4 is 10.6 Å². The summed E-state index contributed by atoms with van der Waals surface area (Å²) >= 11 is 6.02. The second kappa shape index (κ2) is 6.93. The van der Waals surface area contributed by atoms with E-state index in [0.29, 0.717) is 5.92 Å². The summed E-state index contributed by atoms with van der Waals surface area (Å²) in [5, 5.41) is 8.55. The van der Waals surface area contributed by atoms with Gasteiger partial charge in [-0.25, -0.2) is 4.98 Å². The molecule has 1 aliphatic carbocycles. The van der Waals surface area contributed by atoms with Gasteiger partial charge in [-0.05, 0) is 42.8 Å². The molecule has 4 rings (SSSR count). The highest BCUT2D eigenvalue weighted by Gasteiger charge is 2.23. The van der Waals surface area contributed by atoms with Gasteiger partial charge in [0.15, 0.2) is 0 Å². The van der Waals surface area contributed by atoms with Crippen LogP contribution in [-0.4, -0.2) is 30.8 Å². The van der Waals surface area contributed by atoms with Gasteiger partial charge in [-0.15, -0.1) is 0 Å². The van der Waals surface area contributed by atoms with Crippen LogP contribution in [0.25, 0.3) is 10.9 Å². The van der Waals surface area contributed by atoms with Crippen molar-refractivity contribution in [2.24, 2.45) is 5.92 Å². The van der Waals surface area contributed by atoms with Crippen LogP contribution in [0, 0.1) is 5.92 Å². The van der Waals surface area contributed by atoms with Gasteiger partial charge in [0, 0.05) is 35.1 Å². The average Bonchev–Trinajstić information content (AvgIpc) is 2.63. The lowest BCUT2D eigenvalue weighted by Crippen LogP contribution is -2.42. The second-order valence-electron chi connectivity index (χ2n) is 6.19. The number of hydrogen-bond acceptors (Lipinski definition) is 4. The van der Waals surface area contributed by atoms with E-state index in [1.54, 1.807) is 0 Å². The van der Waals surface area contributed by atoms with Crippen molar-refractivity contribution in [1.29, 1.82) is 0 Å². The maximum atomic E-state index is 6.02. The Morgan fingerprint density at radius 1 is 1.25 bits per heavy atom. The van der Waals surface area contributed by atoms with Crippen LogP contribution in [0.4, 0.5) is 5.82 Å². The highest BCUT2D eigenvalue weighted by molar-refractivity contribution is 6.31. The second-order valence-corrected chi connectivity index (χ2v) is 6.63. The van der Waals surface area contributed by atoms with E-state index in [1.165, 1.54) is 0 Å². The number of aromatic nitrogens is 1. The number of anilines is 1. The van der Waals surface area contributed by atoms with E-state index in [2.05, 4.69) is 33.8 Å². The van der Waals surface area contributed by atoms with Crippen molar-refractivity contribution in [2.45, 2.75) is 12.5 Å². The Kier molecular flexibility index (Phi) is 4.52. The number of allylic oxidation sites excluding steroid dienone is 2. The molecule has 0 amide bonds. The van der Waals surface area contributed by atoms with Gasteiger partial charge in [-0.1, -0.05) is 23.8 Å². The minimum Gasteiger partial charge on any atom is -0.375 e. The summed E-state index contributed by atoms with van der Waals surface area (Å²) in [4.78, 5) is 4.64. The number of ether oxygens (including phenoxy) is 1. The van der Waals surface area contributed by atoms with Gasteiger partial charge < -0.3 is 15.4 Å². The monoisotopic (exact) mass is 341 g/mol. The number of morpholine rings is 1. The molecule has 0 radical (unpaired) electrons. The minimum absolute atomic E-state index is 0.274. The smallest absolute Gasteiger partial charge is 0.131 e. The number of benzene rings is 1. The fourth-order valence-corrected chi connectivity index (χ4v) is 3.36. The van der Waals surface area contributed by atoms with Gasteiger partial charge >= 0.3 is 0 Å². The molecule has 0 spiro atoms. The highest BCUT2D eigenvalue weighted by atomic mass is 35.5. The molecule has 1 aromatic heterocycles. The SMILES string of the molecule is Clc1ccc2nc(NC3=CCC([C@H]4CNCCO4)C=C3)ccc2c1. The largest absolute Gasteiger partial charge is 0.375 e. The average molecular weight is 342 g/mol. The van der Waals surface area contributed by atoms with Crippen LogP contribution in [0.5, 0.6) is 0 Å². The van der Waals surface area contributed by atoms with Crippen LogP contribution in [-0.2, 0) is 4.74 Å². The molecule has 1 saturated heterocycles. The highest BCUT2D eigenvalue weighted by Crippen LogP contribution is 2.24. The van der Waals surface area contributed by atoms with Gasteiger partial charge in [0.2, 0.25) is 0 Å². The molecule has 2 aliphatic rings. The van der Waals surface area contributed by atoms with E-state index < -0.39 is 0 Å². The van der Waals surface area contributed by atoms with Crippen LogP contribution in [0.15, 0.2) is 54.3 Å². The Labute approximate surface area is 146 Å². The lowest BCUT2D eigenvalue weighted by Gasteiger charge is -2.30. The van der Waals surface area contributed by atoms with Crippen LogP contribution in [0.3, 0.4) is 0 Å². The molecular formula is C19H20ClN3O. The number of nitrogens with one attached hydrogen (secondary N) is 2. The first-order chi connectivity index (χ1) is 11.8. The molecule has 1 aromatic carbocycles. The first kappa shape index (κ1) is 15.6. The number of fused-ring (bicyclic) bond motifs is 1. The van der Waals surface area contributed by atoms with Crippen molar-refractivity contribution in [1.82, 2.24) is 10.3 Å². The summed E-state index contributed by atoms with van der Waals surface area (Å²) in [5.41, 5.74) is 2.01. The molecule has 1 aliphatic heterocycles. The maximum absolute atomic E-state index is 6.02. The topological polar surface area (TPSA) is 46.2 Å². The molecular weight excluding hydrogens is 322 g/mol.